The van der Waals surface area contributed by atoms with Crippen LogP contribution in [0.2, 0.25) is 0 Å². The number of nitrogens with one attached hydrogen (secondary N) is 1. The number of para-hydroxylation sites is 1. The van der Waals surface area contributed by atoms with Gasteiger partial charge in [-0.05, 0) is 30.9 Å². The van der Waals surface area contributed by atoms with Crippen molar-refractivity contribution < 1.29 is 19.1 Å². The smallest absolute Gasteiger partial charge is 0.249 e. The quantitative estimate of drug-likeness (QED) is 0.757. The Morgan fingerprint density at radius 1 is 1.36 bits per heavy atom. The average molecular weight is 362 g/mol. The molecule has 1 aliphatic heterocycles. The molecule has 134 valence electrons. The largest absolute Gasteiger partial charge is 0.493 e. The highest BCUT2D eigenvalue weighted by molar-refractivity contribution is 7.80. The van der Waals surface area contributed by atoms with E-state index in [1.54, 1.807) is 20.3 Å². The lowest BCUT2D eigenvalue weighted by atomic mass is 9.90. The van der Waals surface area contributed by atoms with Crippen LogP contribution in [0, 0.1) is 5.92 Å². The molecule has 2 rings (SSSR count). The van der Waals surface area contributed by atoms with Gasteiger partial charge >= 0.3 is 0 Å². The van der Waals surface area contributed by atoms with Crippen molar-refractivity contribution in [2.75, 3.05) is 14.2 Å². The van der Waals surface area contributed by atoms with E-state index in [0.29, 0.717) is 35.7 Å². The molecule has 0 aliphatic carbocycles. The Hall–Kier alpha value is -2.41. The molecule has 3 N–H and O–H groups in total. The van der Waals surface area contributed by atoms with Crippen molar-refractivity contribution in [1.82, 2.24) is 5.32 Å². The summed E-state index contributed by atoms with van der Waals surface area (Å²) in [5.41, 5.74) is 6.87. The Labute approximate surface area is 152 Å². The van der Waals surface area contributed by atoms with Gasteiger partial charge in [-0.15, -0.1) is 0 Å². The molecule has 25 heavy (non-hydrogen) atoms. The van der Waals surface area contributed by atoms with Gasteiger partial charge in [-0.3, -0.25) is 9.59 Å². The molecule has 2 amide bonds. The maximum Gasteiger partial charge on any atom is 0.249 e. The summed E-state index contributed by atoms with van der Waals surface area (Å²) >= 11 is 5.29. The van der Waals surface area contributed by atoms with Crippen molar-refractivity contribution in [2.45, 2.75) is 25.7 Å². The lowest BCUT2D eigenvalue weighted by molar-refractivity contribution is -0.118. The highest BCUT2D eigenvalue weighted by Crippen LogP contribution is 2.37. The van der Waals surface area contributed by atoms with E-state index >= 15 is 0 Å². The molecule has 1 heterocycles. The predicted octanol–water partition coefficient (Wildman–Crippen LogP) is 2.21. The van der Waals surface area contributed by atoms with Crippen molar-refractivity contribution in [3.63, 3.8) is 0 Å². The van der Waals surface area contributed by atoms with Gasteiger partial charge in [0.2, 0.25) is 11.8 Å². The Morgan fingerprint density at radius 2 is 2.12 bits per heavy atom. The maximum absolute atomic E-state index is 12.2. The molecule has 1 aromatic carbocycles. The number of ether oxygens (including phenoxy) is 2. The summed E-state index contributed by atoms with van der Waals surface area (Å²) in [6.45, 7) is 0. The monoisotopic (exact) mass is 362 g/mol. The Balaban J connectivity index is 2.31. The first-order chi connectivity index (χ1) is 12.0. The molecule has 0 bridgehead atoms. The second-order valence-corrected chi connectivity index (χ2v) is 6.24. The third kappa shape index (κ3) is 4.79. The van der Waals surface area contributed by atoms with Gasteiger partial charge in [0.05, 0.1) is 19.2 Å². The number of thiocarbonyl (C=S) groups is 1. The van der Waals surface area contributed by atoms with E-state index in [0.717, 1.165) is 11.1 Å². The third-order valence-corrected chi connectivity index (χ3v) is 4.61. The molecule has 0 radical (unpaired) electrons. The Kier molecular flexibility index (Phi) is 6.52. The number of methoxy groups -OCH3 is 2. The number of hydrogen-bond donors (Lipinski definition) is 2. The number of rotatable bonds is 6. The fourth-order valence-corrected chi connectivity index (χ4v) is 3.23. The van der Waals surface area contributed by atoms with Gasteiger partial charge in [-0.2, -0.15) is 0 Å². The van der Waals surface area contributed by atoms with E-state index in [-0.39, 0.29) is 24.2 Å². The van der Waals surface area contributed by atoms with E-state index in [4.69, 9.17) is 27.4 Å². The molecule has 0 saturated carbocycles. The summed E-state index contributed by atoms with van der Waals surface area (Å²) in [5, 5.41) is 2.71. The summed E-state index contributed by atoms with van der Waals surface area (Å²) in [5.74, 6) is 0.451. The molecule has 1 aliphatic rings. The van der Waals surface area contributed by atoms with Crippen molar-refractivity contribution >= 4 is 34.6 Å². The summed E-state index contributed by atoms with van der Waals surface area (Å²) in [7, 11) is 3.13. The number of carbonyl (C=O) groups excluding carboxylic acids is 2. The molecular weight excluding hydrogens is 340 g/mol. The number of benzene rings is 1. The number of amides is 2. The maximum atomic E-state index is 12.2. The van der Waals surface area contributed by atoms with Gasteiger partial charge in [0.25, 0.3) is 0 Å². The van der Waals surface area contributed by atoms with Gasteiger partial charge < -0.3 is 20.5 Å². The van der Waals surface area contributed by atoms with Crippen LogP contribution in [0.1, 0.15) is 31.2 Å². The number of primary amides is 1. The summed E-state index contributed by atoms with van der Waals surface area (Å²) < 4.78 is 10.8. The third-order valence-electron chi connectivity index (χ3n) is 4.17. The topological polar surface area (TPSA) is 90.6 Å². The number of allylic oxidation sites excluding steroid dienone is 1. The van der Waals surface area contributed by atoms with Crippen molar-refractivity contribution in [3.8, 4) is 11.5 Å². The first-order valence-electron chi connectivity index (χ1n) is 8.01. The minimum Gasteiger partial charge on any atom is -0.493 e. The average Bonchev–Trinajstić information content (AvgIpc) is 2.57. The number of nitrogens with two attached hydrogens (primary N) is 1. The van der Waals surface area contributed by atoms with E-state index in [9.17, 15) is 9.59 Å². The Morgan fingerprint density at radius 3 is 2.76 bits per heavy atom. The van der Waals surface area contributed by atoms with Crippen LogP contribution in [-0.2, 0) is 9.59 Å². The number of carbonyl (C=O) groups is 2. The van der Waals surface area contributed by atoms with Crippen LogP contribution in [-0.4, -0.2) is 31.0 Å². The van der Waals surface area contributed by atoms with Crippen molar-refractivity contribution in [2.24, 2.45) is 11.7 Å². The van der Waals surface area contributed by atoms with Gasteiger partial charge in [0, 0.05) is 24.0 Å². The summed E-state index contributed by atoms with van der Waals surface area (Å²) in [6.07, 6.45) is 3.63. The van der Waals surface area contributed by atoms with Gasteiger partial charge in [0.15, 0.2) is 11.5 Å². The fourth-order valence-electron chi connectivity index (χ4n) is 2.90. The van der Waals surface area contributed by atoms with Crippen LogP contribution in [0.4, 0.5) is 0 Å². The van der Waals surface area contributed by atoms with E-state index in [2.05, 4.69) is 5.32 Å². The van der Waals surface area contributed by atoms with Crippen molar-refractivity contribution in [3.05, 3.63) is 29.8 Å². The first kappa shape index (κ1) is 18.9. The highest BCUT2D eigenvalue weighted by Gasteiger charge is 2.23. The van der Waals surface area contributed by atoms with E-state index < -0.39 is 0 Å². The molecule has 0 saturated heterocycles. The van der Waals surface area contributed by atoms with E-state index in [1.807, 2.05) is 12.1 Å². The van der Waals surface area contributed by atoms with Crippen LogP contribution >= 0.6 is 12.2 Å². The molecule has 0 fully saturated rings. The number of hydrogen-bond acceptors (Lipinski definition) is 5. The second-order valence-electron chi connectivity index (χ2n) is 5.80. The lowest BCUT2D eigenvalue weighted by Crippen LogP contribution is -2.35. The van der Waals surface area contributed by atoms with Crippen LogP contribution in [0.3, 0.4) is 0 Å². The van der Waals surface area contributed by atoms with Crippen LogP contribution < -0.4 is 20.5 Å². The molecule has 7 heteroatoms. The SMILES string of the molecule is COc1cccc(C2=CC(=O)NC(=S)C(CCC(N)=O)CC2)c1OC. The zero-order valence-electron chi connectivity index (χ0n) is 14.3. The molecule has 1 aromatic rings. The normalized spacial score (nSPS) is 17.8. The fraction of sp³-hybridized carbons (Fsp3) is 0.389. The lowest BCUT2D eigenvalue weighted by Gasteiger charge is -2.22. The van der Waals surface area contributed by atoms with Crippen LogP contribution in [0.15, 0.2) is 24.3 Å². The van der Waals surface area contributed by atoms with E-state index in [1.165, 1.54) is 6.08 Å². The molecule has 0 spiro atoms. The van der Waals surface area contributed by atoms with Gasteiger partial charge in [-0.25, -0.2) is 0 Å². The minimum atomic E-state index is -0.374. The zero-order chi connectivity index (χ0) is 18.4. The van der Waals surface area contributed by atoms with Crippen LogP contribution in [0.5, 0.6) is 11.5 Å². The van der Waals surface area contributed by atoms with Gasteiger partial charge in [-0.1, -0.05) is 24.4 Å². The molecule has 0 aromatic heterocycles. The molecule has 1 unspecified atom stereocenters. The Bertz CT molecular complexity index is 715. The van der Waals surface area contributed by atoms with Gasteiger partial charge in [0.1, 0.15) is 0 Å². The minimum absolute atomic E-state index is 0.0771. The standard InChI is InChI=1S/C18H22N2O4S/c1-23-14-5-3-4-13(17(14)24-2)12-7-6-11(8-9-15(19)21)18(25)20-16(22)10-12/h3-5,10-11H,6-9H2,1-2H3,(H2,19,21)(H,20,22,25). The first-order valence-corrected chi connectivity index (χ1v) is 8.42. The van der Waals surface area contributed by atoms with Crippen LogP contribution in [0.25, 0.3) is 5.57 Å². The van der Waals surface area contributed by atoms with Crippen molar-refractivity contribution in [1.29, 1.82) is 0 Å². The molecular formula is C18H22N2O4S. The predicted molar refractivity (Wildman–Crippen MR) is 99.4 cm³/mol. The zero-order valence-corrected chi connectivity index (χ0v) is 15.2. The summed E-state index contributed by atoms with van der Waals surface area (Å²) in [4.78, 5) is 23.7. The summed E-state index contributed by atoms with van der Waals surface area (Å²) in [6, 6.07) is 5.54. The second kappa shape index (κ2) is 8.62. The highest BCUT2D eigenvalue weighted by atomic mass is 32.1. The molecule has 6 nitrogen and oxygen atoms in total. The molecule has 1 atom stereocenters.